The standard InChI is InChI=1S/C8H18.C5H12S.C5H12.C4H10.C4H8.11C3H8.CH4/c1-4-5-6-7-8(2)3;1-5(2)4-6-3;1-4-5(2)3;2*1-4(2)3;11*1-3-2;/h8H,4-7H2,1-3H3;5H,4H2,1-3H3;5H,4H2,1-3H3;4H,1-3H3;1H2,2-3H3;11*3H2,1-2H3;1H4. The molecule has 0 aromatic heterocycles. The van der Waals surface area contributed by atoms with Gasteiger partial charge in [0.25, 0.3) is 0 Å². The van der Waals surface area contributed by atoms with Gasteiger partial charge in [0.05, 0.1) is 0 Å². The molecule has 0 heterocycles. The summed E-state index contributed by atoms with van der Waals surface area (Å²) in [5, 5.41) is 0. The van der Waals surface area contributed by atoms with E-state index < -0.39 is 0 Å². The first-order valence-electron chi connectivity index (χ1n) is 26.9. The molecule has 61 heavy (non-hydrogen) atoms. The monoisotopic (exact) mass is 905 g/mol. The van der Waals surface area contributed by atoms with Crippen LogP contribution in [0.5, 0.6) is 0 Å². The Kier molecular flexibility index (Phi) is 356. The van der Waals surface area contributed by atoms with Crippen LogP contribution < -0.4 is 0 Å². The van der Waals surface area contributed by atoms with Crippen LogP contribution >= 0.6 is 11.8 Å². The van der Waals surface area contributed by atoms with Crippen molar-refractivity contribution in [2.75, 3.05) is 12.0 Å². The summed E-state index contributed by atoms with van der Waals surface area (Å²) in [7, 11) is 0. The van der Waals surface area contributed by atoms with Gasteiger partial charge in [-0.05, 0) is 49.5 Å². The maximum atomic E-state index is 3.56. The van der Waals surface area contributed by atoms with E-state index in [0.717, 1.165) is 23.7 Å². The quantitative estimate of drug-likeness (QED) is 0.181. The zero-order valence-corrected chi connectivity index (χ0v) is 52.8. The average Bonchev–Trinajstić information content (AvgIpc) is 3.09. The number of unbranched alkanes of at least 4 members (excludes halogenated alkanes) is 2. The summed E-state index contributed by atoms with van der Waals surface area (Å²) in [4.78, 5) is 0. The maximum Gasteiger partial charge on any atom is -0.00472 e. The third kappa shape index (κ3) is 1990. The van der Waals surface area contributed by atoms with Gasteiger partial charge in [0.15, 0.2) is 0 Å². The number of hydrogen-bond acceptors (Lipinski definition) is 1. The van der Waals surface area contributed by atoms with Gasteiger partial charge in [-0.25, -0.2) is 0 Å². The largest absolute Gasteiger partial charge is 0.165 e. The summed E-state index contributed by atoms with van der Waals surface area (Å²) in [6, 6.07) is 0. The van der Waals surface area contributed by atoms with Crippen LogP contribution in [0.2, 0.25) is 0 Å². The van der Waals surface area contributed by atoms with Gasteiger partial charge in [-0.3, -0.25) is 0 Å². The zero-order chi connectivity index (χ0) is 52.6. The molecule has 0 saturated heterocycles. The van der Waals surface area contributed by atoms with E-state index in [1.54, 1.807) is 0 Å². The van der Waals surface area contributed by atoms with Gasteiger partial charge in [-0.1, -0.05) is 344 Å². The highest BCUT2D eigenvalue weighted by Crippen LogP contribution is 2.06. The molecule has 0 aromatic carbocycles. The van der Waals surface area contributed by atoms with Crippen molar-refractivity contribution in [3.8, 4) is 0 Å². The molecule has 0 bridgehead atoms. The lowest BCUT2D eigenvalue weighted by molar-refractivity contribution is 0.534. The molecule has 1 heteroatoms. The number of hydrogen-bond donors (Lipinski definition) is 0. The number of rotatable bonds is 7. The van der Waals surface area contributed by atoms with E-state index in [2.05, 4.69) is 241 Å². The molecule has 0 N–H and O–H groups in total. The highest BCUT2D eigenvalue weighted by atomic mass is 32.2. The molecule has 0 aliphatic rings. The minimum atomic E-state index is 0. The van der Waals surface area contributed by atoms with Crippen LogP contribution in [0.25, 0.3) is 0 Å². The van der Waals surface area contributed by atoms with Crippen LogP contribution in [0.1, 0.15) is 352 Å². The molecule has 0 saturated carbocycles. The van der Waals surface area contributed by atoms with Crippen LogP contribution in [-0.4, -0.2) is 12.0 Å². The van der Waals surface area contributed by atoms with E-state index in [-0.39, 0.29) is 7.43 Å². The van der Waals surface area contributed by atoms with E-state index in [1.807, 2.05) is 25.6 Å². The van der Waals surface area contributed by atoms with Gasteiger partial charge in [-0.15, -0.1) is 6.58 Å². The normalized spacial score (nSPS) is 7.41. The molecule has 0 rings (SSSR count). The highest BCUT2D eigenvalue weighted by molar-refractivity contribution is 7.98. The predicted molar refractivity (Wildman–Crippen MR) is 321 cm³/mol. The number of thioether (sulfide) groups is 1. The third-order valence-electron chi connectivity index (χ3n) is 2.70. The Morgan fingerprint density at radius 2 is 0.508 bits per heavy atom. The van der Waals surface area contributed by atoms with Crippen LogP contribution in [0.15, 0.2) is 12.2 Å². The molecule has 0 nitrogen and oxygen atoms in total. The summed E-state index contributed by atoms with van der Waals surface area (Å²) in [6.45, 7) is 78.7. The lowest BCUT2D eigenvalue weighted by atomic mass is 10.1. The van der Waals surface area contributed by atoms with Gasteiger partial charge in [0.2, 0.25) is 0 Å². The van der Waals surface area contributed by atoms with Crippen molar-refractivity contribution in [2.24, 2.45) is 23.7 Å². The Balaban J connectivity index is -0.0000000229. The van der Waals surface area contributed by atoms with E-state index in [4.69, 9.17) is 0 Å². The van der Waals surface area contributed by atoms with Crippen molar-refractivity contribution in [1.82, 2.24) is 0 Å². The lowest BCUT2D eigenvalue weighted by Crippen LogP contribution is -1.87. The topological polar surface area (TPSA) is 0 Å². The van der Waals surface area contributed by atoms with Crippen LogP contribution in [0.3, 0.4) is 0 Å². The second kappa shape index (κ2) is 192. The first-order chi connectivity index (χ1) is 27.8. The van der Waals surface area contributed by atoms with E-state index >= 15 is 0 Å². The fraction of sp³-hybridized carbons (Fsp3) is 0.967. The average molecular weight is 906 g/mol. The van der Waals surface area contributed by atoms with Crippen LogP contribution in [-0.2, 0) is 0 Å². The SMILES string of the molecule is C.C=C(C)C.CC(C)C.CCC.CCC.CCC.CCC.CCC.CCC.CCC.CCC.CCC.CCC.CCC.CCC(C)C.CCCCCC(C)C.CSCC(C)C. The minimum Gasteiger partial charge on any atom is -0.165 e. The Morgan fingerprint density at radius 3 is 0.557 bits per heavy atom. The molecule has 0 aromatic rings. The fourth-order valence-corrected chi connectivity index (χ4v) is 1.80. The Bertz CT molecular complexity index is 323. The molecule has 0 aliphatic heterocycles. The fourth-order valence-electron chi connectivity index (χ4n) is 1.14. The summed E-state index contributed by atoms with van der Waals surface area (Å²) in [6.07, 6.45) is 22.8. The first kappa shape index (κ1) is 113. The maximum absolute atomic E-state index is 3.56. The van der Waals surface area contributed by atoms with E-state index in [0.29, 0.717) is 0 Å². The molecule has 0 radical (unpaired) electrons. The predicted octanol–water partition coefficient (Wildman–Crippen LogP) is 26.7. The lowest BCUT2D eigenvalue weighted by Gasteiger charge is -2.00. The molecule has 0 amide bonds. The smallest absolute Gasteiger partial charge is 0.00472 e. The molecule has 0 aliphatic carbocycles. The van der Waals surface area contributed by atoms with Crippen molar-refractivity contribution in [3.05, 3.63) is 12.2 Å². The van der Waals surface area contributed by atoms with Gasteiger partial charge in [-0.2, -0.15) is 11.8 Å². The third-order valence-corrected chi connectivity index (χ3v) is 3.70. The van der Waals surface area contributed by atoms with Crippen molar-refractivity contribution in [1.29, 1.82) is 0 Å². The second-order valence-electron chi connectivity index (χ2n) is 17.3. The first-order valence-corrected chi connectivity index (χ1v) is 28.3. The minimum absolute atomic E-state index is 0. The van der Waals surface area contributed by atoms with Gasteiger partial charge in [0, 0.05) is 0 Å². The van der Waals surface area contributed by atoms with E-state index in [1.165, 1.54) is 114 Å². The highest BCUT2D eigenvalue weighted by Gasteiger charge is 1.90. The van der Waals surface area contributed by atoms with Gasteiger partial charge < -0.3 is 0 Å². The Labute approximate surface area is 410 Å². The summed E-state index contributed by atoms with van der Waals surface area (Å²) < 4.78 is 0. The van der Waals surface area contributed by atoms with Crippen molar-refractivity contribution < 1.29 is 0 Å². The van der Waals surface area contributed by atoms with Crippen LogP contribution in [0.4, 0.5) is 0 Å². The van der Waals surface area contributed by atoms with Crippen LogP contribution in [0, 0.1) is 23.7 Å². The molecule has 0 spiro atoms. The molecule has 0 atom stereocenters. The molecule has 398 valence electrons. The van der Waals surface area contributed by atoms with E-state index in [9.17, 15) is 0 Å². The zero-order valence-electron chi connectivity index (χ0n) is 51.9. The molecule has 0 unspecified atom stereocenters. The summed E-state index contributed by atoms with van der Waals surface area (Å²) in [5.74, 6) is 4.77. The summed E-state index contributed by atoms with van der Waals surface area (Å²) in [5.41, 5.74) is 1.17. The van der Waals surface area contributed by atoms with Gasteiger partial charge in [0.1, 0.15) is 0 Å². The molecule has 0 fully saturated rings. The van der Waals surface area contributed by atoms with Crippen molar-refractivity contribution >= 4 is 11.8 Å². The summed E-state index contributed by atoms with van der Waals surface area (Å²) >= 11 is 1.91. The van der Waals surface area contributed by atoms with Crippen molar-refractivity contribution in [2.45, 2.75) is 352 Å². The Morgan fingerprint density at radius 1 is 0.361 bits per heavy atom. The van der Waals surface area contributed by atoms with Gasteiger partial charge >= 0.3 is 0 Å². The second-order valence-corrected chi connectivity index (χ2v) is 18.2. The molecular weight excluding hydrogens is 753 g/mol. The number of allylic oxidation sites excluding steroid dienone is 1. The Hall–Kier alpha value is 0.0900. The molecular formula is C60H152S. The van der Waals surface area contributed by atoms with Crippen molar-refractivity contribution in [3.63, 3.8) is 0 Å².